The molecule has 2 aromatic carbocycles. The van der Waals surface area contributed by atoms with Gasteiger partial charge in [0, 0.05) is 22.4 Å². The second-order valence-corrected chi connectivity index (χ2v) is 5.37. The molecule has 0 fully saturated rings. The van der Waals surface area contributed by atoms with Crippen LogP contribution in [0.3, 0.4) is 0 Å². The predicted molar refractivity (Wildman–Crippen MR) is 84.0 cm³/mol. The van der Waals surface area contributed by atoms with Crippen LogP contribution in [0.1, 0.15) is 0 Å². The lowest BCUT2D eigenvalue weighted by Crippen LogP contribution is -1.90. The smallest absolute Gasteiger partial charge is 0.360 e. The number of benzene rings is 2. The minimum absolute atomic E-state index is 0.0315. The molecule has 0 saturated heterocycles. The zero-order chi connectivity index (χ0) is 14.7. The fourth-order valence-corrected chi connectivity index (χ4v) is 3.22. The molecular formula is C19H10O3. The predicted octanol–water partition coefficient (Wildman–Crippen LogP) is 4.79. The van der Waals surface area contributed by atoms with Crippen molar-refractivity contribution in [3.8, 4) is 16.9 Å². The monoisotopic (exact) mass is 286 g/mol. The highest BCUT2D eigenvalue weighted by molar-refractivity contribution is 6.21. The molecule has 1 aromatic heterocycles. The number of para-hydroxylation sites is 2. The Hall–Kier alpha value is -3.07. The van der Waals surface area contributed by atoms with Crippen molar-refractivity contribution in [3.63, 3.8) is 0 Å². The lowest BCUT2D eigenvalue weighted by molar-refractivity contribution is -0.264. The standard InChI is InChI=1S/C19H10O3/c20-19-17-11-5-1-3-7-15(11)21-9-13(17)14-10-22-16-8-4-2-6-12(16)18(14)19/h1-10H. The molecule has 0 radical (unpaired) electrons. The van der Waals surface area contributed by atoms with Crippen LogP contribution in [0.15, 0.2) is 69.9 Å². The molecule has 5 rings (SSSR count). The van der Waals surface area contributed by atoms with E-state index in [1.165, 1.54) is 0 Å². The van der Waals surface area contributed by atoms with Crippen molar-refractivity contribution in [2.45, 2.75) is 0 Å². The molecular weight excluding hydrogens is 276 g/mol. The van der Waals surface area contributed by atoms with Crippen LogP contribution in [0.4, 0.5) is 0 Å². The van der Waals surface area contributed by atoms with E-state index in [-0.39, 0.29) is 5.75 Å². The maximum atomic E-state index is 13.0. The lowest BCUT2D eigenvalue weighted by Gasteiger charge is -2.10. The fourth-order valence-electron chi connectivity index (χ4n) is 3.22. The molecule has 0 unspecified atom stereocenters. The number of fused-ring (bicyclic) bond motifs is 7. The first-order chi connectivity index (χ1) is 10.8. The molecule has 2 heterocycles. The molecule has 104 valence electrons. The Kier molecular flexibility index (Phi) is 2.09. The van der Waals surface area contributed by atoms with E-state index in [1.54, 1.807) is 12.5 Å². The first kappa shape index (κ1) is 11.6. The van der Waals surface area contributed by atoms with Crippen molar-refractivity contribution >= 4 is 32.7 Å². The molecule has 1 aliphatic carbocycles. The van der Waals surface area contributed by atoms with Crippen molar-refractivity contribution in [1.29, 1.82) is 0 Å². The highest BCUT2D eigenvalue weighted by atomic mass is 16.3. The lowest BCUT2D eigenvalue weighted by atomic mass is 10.1. The first-order valence-corrected chi connectivity index (χ1v) is 7.07. The zero-order valence-electron chi connectivity index (χ0n) is 11.5. The SMILES string of the molecule is [O-]c1c2c3ccccc3occ-2c2c[o+]c3ccccc3c12. The van der Waals surface area contributed by atoms with Gasteiger partial charge >= 0.3 is 11.8 Å². The second kappa shape index (κ2) is 3.98. The highest BCUT2D eigenvalue weighted by Gasteiger charge is 2.22. The second-order valence-electron chi connectivity index (χ2n) is 5.37. The summed E-state index contributed by atoms with van der Waals surface area (Å²) in [5.41, 5.74) is 2.92. The minimum atomic E-state index is 0.0315. The summed E-state index contributed by atoms with van der Waals surface area (Å²) in [6.45, 7) is 0. The molecule has 3 aromatic rings. The largest absolute Gasteiger partial charge is 0.872 e. The van der Waals surface area contributed by atoms with Crippen molar-refractivity contribution in [3.05, 3.63) is 61.1 Å². The summed E-state index contributed by atoms with van der Waals surface area (Å²) in [5, 5.41) is 16.2. The van der Waals surface area contributed by atoms with Crippen LogP contribution in [-0.2, 0) is 0 Å². The van der Waals surface area contributed by atoms with Crippen LogP contribution < -0.4 is 5.11 Å². The number of rotatable bonds is 0. The quantitative estimate of drug-likeness (QED) is 0.384. The Morgan fingerprint density at radius 1 is 0.864 bits per heavy atom. The van der Waals surface area contributed by atoms with Crippen LogP contribution in [0, 0.1) is 0 Å². The molecule has 3 nitrogen and oxygen atoms in total. The van der Waals surface area contributed by atoms with Gasteiger partial charge in [0.15, 0.2) is 0 Å². The summed E-state index contributed by atoms with van der Waals surface area (Å²) in [5.74, 6) is 0.0315. The Labute approximate surface area is 125 Å². The van der Waals surface area contributed by atoms with E-state index in [4.69, 9.17) is 8.83 Å². The van der Waals surface area contributed by atoms with Gasteiger partial charge in [-0.2, -0.15) is 0 Å². The van der Waals surface area contributed by atoms with Crippen molar-refractivity contribution in [1.82, 2.24) is 0 Å². The molecule has 3 heteroatoms. The Balaban J connectivity index is 2.12. The molecule has 0 spiro atoms. The van der Waals surface area contributed by atoms with E-state index in [2.05, 4.69) is 0 Å². The third kappa shape index (κ3) is 1.33. The van der Waals surface area contributed by atoms with Crippen LogP contribution >= 0.6 is 0 Å². The summed E-state index contributed by atoms with van der Waals surface area (Å²) in [7, 11) is 0. The molecule has 0 N–H and O–H groups in total. The highest BCUT2D eigenvalue weighted by Crippen LogP contribution is 2.48. The zero-order valence-corrected chi connectivity index (χ0v) is 11.5. The van der Waals surface area contributed by atoms with Crippen LogP contribution in [0.25, 0.3) is 43.8 Å². The molecule has 22 heavy (non-hydrogen) atoms. The van der Waals surface area contributed by atoms with E-state index >= 15 is 0 Å². The van der Waals surface area contributed by atoms with Gasteiger partial charge in [0.25, 0.3) is 0 Å². The molecule has 0 bridgehead atoms. The van der Waals surface area contributed by atoms with E-state index in [0.29, 0.717) is 22.1 Å². The maximum Gasteiger partial charge on any atom is 0.360 e. The van der Waals surface area contributed by atoms with Gasteiger partial charge in [0.2, 0.25) is 0 Å². The summed E-state index contributed by atoms with van der Waals surface area (Å²) < 4.78 is 11.4. The normalized spacial score (nSPS) is 11.8. The van der Waals surface area contributed by atoms with Gasteiger partial charge in [0.05, 0.1) is 17.0 Å². The van der Waals surface area contributed by atoms with Crippen molar-refractivity contribution in [2.75, 3.05) is 0 Å². The van der Waals surface area contributed by atoms with E-state index in [9.17, 15) is 5.11 Å². The van der Waals surface area contributed by atoms with Crippen LogP contribution in [0.5, 0.6) is 5.75 Å². The summed E-state index contributed by atoms with van der Waals surface area (Å²) in [6.07, 6.45) is 3.29. The van der Waals surface area contributed by atoms with E-state index in [0.717, 1.165) is 21.7 Å². The third-order valence-corrected chi connectivity index (χ3v) is 4.20. The summed E-state index contributed by atoms with van der Waals surface area (Å²) >= 11 is 0. The molecule has 0 saturated carbocycles. The van der Waals surface area contributed by atoms with Gasteiger partial charge in [-0.05, 0) is 17.7 Å². The van der Waals surface area contributed by atoms with Crippen molar-refractivity contribution < 1.29 is 13.9 Å². The minimum Gasteiger partial charge on any atom is -0.872 e. The summed E-state index contributed by atoms with van der Waals surface area (Å²) in [6, 6.07) is 15.2. The number of hydrogen-bond acceptors (Lipinski definition) is 2. The molecule has 0 amide bonds. The average molecular weight is 286 g/mol. The topological polar surface area (TPSA) is 47.5 Å². The molecule has 1 aliphatic heterocycles. The van der Waals surface area contributed by atoms with Gasteiger partial charge in [-0.3, -0.25) is 0 Å². The Morgan fingerprint density at radius 3 is 2.55 bits per heavy atom. The van der Waals surface area contributed by atoms with Gasteiger partial charge in [-0.1, -0.05) is 36.1 Å². The Bertz CT molecular complexity index is 1130. The van der Waals surface area contributed by atoms with Gasteiger partial charge in [0.1, 0.15) is 5.58 Å². The van der Waals surface area contributed by atoms with Gasteiger partial charge < -0.3 is 9.52 Å². The molecule has 2 aliphatic rings. The van der Waals surface area contributed by atoms with Crippen LogP contribution in [0.2, 0.25) is 0 Å². The van der Waals surface area contributed by atoms with E-state index < -0.39 is 0 Å². The van der Waals surface area contributed by atoms with E-state index in [1.807, 2.05) is 48.5 Å². The first-order valence-electron chi connectivity index (χ1n) is 7.07. The Morgan fingerprint density at radius 2 is 1.64 bits per heavy atom. The van der Waals surface area contributed by atoms with Gasteiger partial charge in [-0.15, -0.1) is 0 Å². The fraction of sp³-hybridized carbons (Fsp3) is 0. The van der Waals surface area contributed by atoms with Crippen molar-refractivity contribution in [2.24, 2.45) is 0 Å². The maximum absolute atomic E-state index is 13.0. The average Bonchev–Trinajstić information content (AvgIpc) is 2.88. The molecule has 0 atom stereocenters. The summed E-state index contributed by atoms with van der Waals surface area (Å²) in [4.78, 5) is 0. The third-order valence-electron chi connectivity index (χ3n) is 4.20. The number of hydrogen-bond donors (Lipinski definition) is 0. The van der Waals surface area contributed by atoms with Crippen LogP contribution in [-0.4, -0.2) is 0 Å². The van der Waals surface area contributed by atoms with Gasteiger partial charge in [-0.25, -0.2) is 4.42 Å².